The molecule has 0 fully saturated rings. The summed E-state index contributed by atoms with van der Waals surface area (Å²) in [5.74, 6) is -0.905. The Labute approximate surface area is 316 Å². The lowest BCUT2D eigenvalue weighted by molar-refractivity contribution is -0.117. The molecule has 0 aliphatic rings. The third-order valence-corrected chi connectivity index (χ3v) is 14.0. The molecule has 16 nitrogen and oxygen atoms in total. The number of phenolic OH excluding ortho intramolecular Hbond substituents is 1. The predicted molar refractivity (Wildman–Crippen MR) is 209 cm³/mol. The van der Waals surface area contributed by atoms with Crippen molar-refractivity contribution in [2.45, 2.75) is 43.0 Å². The molecule has 4 aromatic rings. The number of hydrogen-bond acceptors (Lipinski definition) is 13. The molecule has 0 saturated heterocycles. The van der Waals surface area contributed by atoms with Crippen molar-refractivity contribution >= 4 is 74.1 Å². The van der Waals surface area contributed by atoms with Crippen molar-refractivity contribution < 1.29 is 44.6 Å². The van der Waals surface area contributed by atoms with Crippen LogP contribution in [0.4, 0.5) is 28.4 Å². The number of sulfonamides is 1. The molecule has 0 aromatic heterocycles. The number of amides is 1. The van der Waals surface area contributed by atoms with Crippen LogP contribution in [0.2, 0.25) is 6.04 Å². The summed E-state index contributed by atoms with van der Waals surface area (Å²) < 4.78 is 80.5. The second kappa shape index (κ2) is 18.2. The summed E-state index contributed by atoms with van der Waals surface area (Å²) >= 11 is 0. The summed E-state index contributed by atoms with van der Waals surface area (Å²) in [6, 6.07) is 18.0. The minimum Gasteiger partial charge on any atom is -0.507 e. The van der Waals surface area contributed by atoms with Gasteiger partial charge in [0.15, 0.2) is 0 Å². The Kier molecular flexibility index (Phi) is 14.3. The van der Waals surface area contributed by atoms with Gasteiger partial charge in [0, 0.05) is 44.7 Å². The second-order valence-corrected chi connectivity index (χ2v) is 18.2. The Balaban J connectivity index is 1.53. The molecule has 0 bridgehead atoms. The molecule has 0 unspecified atom stereocenters. The van der Waals surface area contributed by atoms with Crippen molar-refractivity contribution in [2.75, 3.05) is 62.4 Å². The molecule has 19 heteroatoms. The van der Waals surface area contributed by atoms with E-state index in [9.17, 15) is 31.3 Å². The quantitative estimate of drug-likeness (QED) is 0.0375. The molecule has 4 rings (SSSR count). The minimum atomic E-state index is -4.87. The minimum absolute atomic E-state index is 0.0233. The molecular formula is C35H46N6O10S2Si. The molecule has 0 radical (unpaired) electrons. The number of azo groups is 1. The third kappa shape index (κ3) is 10.4. The van der Waals surface area contributed by atoms with Crippen molar-refractivity contribution in [3.63, 3.8) is 0 Å². The number of anilines is 3. The van der Waals surface area contributed by atoms with Crippen molar-refractivity contribution in [2.24, 2.45) is 10.2 Å². The van der Waals surface area contributed by atoms with Gasteiger partial charge in [0.2, 0.25) is 5.91 Å². The van der Waals surface area contributed by atoms with Crippen LogP contribution in [0.25, 0.3) is 10.8 Å². The van der Waals surface area contributed by atoms with E-state index in [1.807, 2.05) is 20.8 Å². The molecule has 5 N–H and O–H groups in total. The number of hydrogen-bond donors (Lipinski definition) is 4. The highest BCUT2D eigenvalue weighted by atomic mass is 32.2. The van der Waals surface area contributed by atoms with Crippen molar-refractivity contribution in [3.8, 4) is 5.75 Å². The van der Waals surface area contributed by atoms with Gasteiger partial charge < -0.3 is 29.4 Å². The maximum Gasteiger partial charge on any atom is 0.500 e. The molecule has 292 valence electrons. The van der Waals surface area contributed by atoms with Gasteiger partial charge in [-0.2, -0.15) is 8.42 Å². The highest BCUT2D eigenvalue weighted by Gasteiger charge is 2.39. The van der Waals surface area contributed by atoms with Crippen LogP contribution in [0.15, 0.2) is 92.8 Å². The maximum atomic E-state index is 13.4. The van der Waals surface area contributed by atoms with E-state index in [2.05, 4.69) is 15.5 Å². The molecule has 0 spiro atoms. The van der Waals surface area contributed by atoms with Gasteiger partial charge in [0.05, 0.1) is 28.2 Å². The first kappa shape index (κ1) is 42.3. The summed E-state index contributed by atoms with van der Waals surface area (Å²) in [7, 11) is -8.65. The monoisotopic (exact) mass is 802 g/mol. The predicted octanol–water partition coefficient (Wildman–Crippen LogP) is 5.92. The number of nitrogens with zero attached hydrogens (tertiary/aromatic N) is 4. The highest BCUT2D eigenvalue weighted by Crippen LogP contribution is 2.41. The molecule has 0 aliphatic heterocycles. The van der Waals surface area contributed by atoms with Gasteiger partial charge in [0.1, 0.15) is 22.0 Å². The van der Waals surface area contributed by atoms with Crippen LogP contribution in [0, 0.1) is 0 Å². The van der Waals surface area contributed by atoms with E-state index in [1.54, 1.807) is 42.3 Å². The fourth-order valence-corrected chi connectivity index (χ4v) is 10.2. The van der Waals surface area contributed by atoms with Crippen LogP contribution in [0.1, 0.15) is 27.2 Å². The molecular weight excluding hydrogens is 757 g/mol. The molecule has 0 atom stereocenters. The van der Waals surface area contributed by atoms with Crippen molar-refractivity contribution in [1.82, 2.24) is 4.90 Å². The lowest BCUT2D eigenvalue weighted by Crippen LogP contribution is -2.46. The number of benzene rings is 4. The van der Waals surface area contributed by atoms with E-state index < -0.39 is 45.5 Å². The van der Waals surface area contributed by atoms with Gasteiger partial charge in [-0.15, -0.1) is 10.2 Å². The van der Waals surface area contributed by atoms with Gasteiger partial charge in [-0.05, 0) is 88.6 Å². The number of rotatable bonds is 19. The van der Waals surface area contributed by atoms with Crippen LogP contribution in [0.5, 0.6) is 5.75 Å². The zero-order valence-electron chi connectivity index (χ0n) is 30.7. The fraction of sp³-hybridized carbons (Fsp3) is 0.343. The van der Waals surface area contributed by atoms with Crippen LogP contribution >= 0.6 is 0 Å². The van der Waals surface area contributed by atoms with Crippen LogP contribution in [-0.2, 0) is 38.2 Å². The first-order valence-electron chi connectivity index (χ1n) is 17.1. The van der Waals surface area contributed by atoms with Crippen molar-refractivity contribution in [1.29, 1.82) is 0 Å². The Morgan fingerprint density at radius 3 is 2.15 bits per heavy atom. The van der Waals surface area contributed by atoms with Gasteiger partial charge in [-0.25, -0.2) is 8.42 Å². The Morgan fingerprint density at radius 2 is 1.54 bits per heavy atom. The highest BCUT2D eigenvalue weighted by molar-refractivity contribution is 7.92. The summed E-state index contributed by atoms with van der Waals surface area (Å²) in [6.07, 6.45) is 0.646. The van der Waals surface area contributed by atoms with Gasteiger partial charge >= 0.3 is 8.80 Å². The molecule has 1 amide bonds. The number of nitrogens with two attached hydrogens (primary N) is 1. The van der Waals surface area contributed by atoms with Crippen LogP contribution < -0.4 is 15.4 Å². The van der Waals surface area contributed by atoms with Gasteiger partial charge in [-0.1, -0.05) is 24.3 Å². The summed E-state index contributed by atoms with van der Waals surface area (Å²) in [5.41, 5.74) is 6.34. The van der Waals surface area contributed by atoms with Gasteiger partial charge in [-0.3, -0.25) is 18.6 Å². The summed E-state index contributed by atoms with van der Waals surface area (Å²) in [4.78, 5) is 13.8. The maximum absolute atomic E-state index is 13.4. The van der Waals surface area contributed by atoms with Gasteiger partial charge in [0.25, 0.3) is 20.1 Å². The molecule has 4 aromatic carbocycles. The fourth-order valence-electron chi connectivity index (χ4n) is 5.68. The largest absolute Gasteiger partial charge is 0.507 e. The average molecular weight is 803 g/mol. The average Bonchev–Trinajstić information content (AvgIpc) is 3.11. The Hall–Kier alpha value is -4.47. The first-order chi connectivity index (χ1) is 25.5. The van der Waals surface area contributed by atoms with Crippen molar-refractivity contribution in [3.05, 3.63) is 72.8 Å². The number of aromatic hydroxyl groups is 1. The normalized spacial score (nSPS) is 12.5. The number of nitrogens with one attached hydrogen (secondary N) is 1. The number of phenols is 1. The smallest absolute Gasteiger partial charge is 0.500 e. The van der Waals surface area contributed by atoms with E-state index in [1.165, 1.54) is 37.4 Å². The lowest BCUT2D eigenvalue weighted by Gasteiger charge is -2.29. The van der Waals surface area contributed by atoms with E-state index in [-0.39, 0.29) is 45.0 Å². The van der Waals surface area contributed by atoms with E-state index in [4.69, 9.17) is 19.0 Å². The van der Waals surface area contributed by atoms with E-state index >= 15 is 0 Å². The standard InChI is InChI=1S/C35H46N6O10S2Si/c1-6-49-54(50-7-2,51-8-3)20-12-19-40(4)24-33(43)37-26-16-18-30(32(22-26)53(46,47)48)38-39-35-29(36)17-15-25-21-28(23-31(42)34(25)35)52(44,45)41(5)27-13-10-9-11-14-27/h9-11,13-18,21-23,42H,6-8,12,19-20,24,36H2,1-5H3,(H,37,43)(H,46,47,48). The lowest BCUT2D eigenvalue weighted by atomic mass is 10.1. The number of fused-ring (bicyclic) bond motifs is 1. The molecule has 0 heterocycles. The number of carbonyl (C=O) groups is 1. The number of likely N-dealkylation sites (N-methyl/N-ethyl adjacent to an activating group) is 1. The third-order valence-electron chi connectivity index (χ3n) is 8.16. The number of para-hydroxylation sites is 1. The van der Waals surface area contributed by atoms with E-state index in [0.717, 1.165) is 16.4 Å². The SMILES string of the molecule is CCO[Si](CCCN(C)CC(=O)Nc1ccc(N=Nc2c(N)ccc3cc(S(=O)(=O)N(C)c4ccccc4)cc(O)c23)c(S(=O)(=O)O)c1)(OCC)OCC. The first-order valence-corrected chi connectivity index (χ1v) is 21.9. The van der Waals surface area contributed by atoms with Crippen LogP contribution in [0.3, 0.4) is 0 Å². The number of nitrogen functional groups attached to an aromatic ring is 1. The zero-order chi connectivity index (χ0) is 39.7. The number of carbonyl (C=O) groups excluding carboxylic acids is 1. The topological polar surface area (TPSA) is 223 Å². The van der Waals surface area contributed by atoms with E-state index in [0.29, 0.717) is 44.5 Å². The Morgan fingerprint density at radius 1 is 0.889 bits per heavy atom. The Bertz CT molecular complexity index is 2170. The summed E-state index contributed by atoms with van der Waals surface area (Å²) in [5, 5.41) is 22.1. The van der Waals surface area contributed by atoms with Crippen LogP contribution in [-0.4, -0.2) is 93.1 Å². The summed E-state index contributed by atoms with van der Waals surface area (Å²) in [6.45, 7) is 7.52. The molecule has 54 heavy (non-hydrogen) atoms. The zero-order valence-corrected chi connectivity index (χ0v) is 33.4. The molecule has 0 aliphatic carbocycles. The second-order valence-electron chi connectivity index (χ2n) is 12.1. The molecule has 0 saturated carbocycles.